The van der Waals surface area contributed by atoms with Crippen molar-refractivity contribution in [3.63, 3.8) is 0 Å². The predicted octanol–water partition coefficient (Wildman–Crippen LogP) is 3.15. The molecular weight excluding hydrogens is 253 g/mol. The molecule has 1 aromatic heterocycles. The third kappa shape index (κ3) is 2.57. The maximum absolute atomic E-state index is 13.1. The number of pyridine rings is 1. The Hall–Kier alpha value is -2.55. The number of nitrogens with zero attached hydrogens (tertiary/aromatic N) is 1. The van der Waals surface area contributed by atoms with Gasteiger partial charge in [0.2, 0.25) is 12.3 Å². The summed E-state index contributed by atoms with van der Waals surface area (Å²) in [6.07, 6.45) is 3.65. The van der Waals surface area contributed by atoms with Gasteiger partial charge < -0.3 is 0 Å². The molecule has 3 heteroatoms. The largest absolute Gasteiger partial charge is 0.287 e. The Bertz CT molecular complexity index is 768. The van der Waals surface area contributed by atoms with Crippen LogP contribution in [-0.4, -0.2) is 5.78 Å². The van der Waals surface area contributed by atoms with Gasteiger partial charge in [-0.25, -0.2) is 4.39 Å². The van der Waals surface area contributed by atoms with E-state index in [2.05, 4.69) is 0 Å². The van der Waals surface area contributed by atoms with Crippen molar-refractivity contribution < 1.29 is 13.8 Å². The summed E-state index contributed by atoms with van der Waals surface area (Å²) in [6, 6.07) is 15.6. The van der Waals surface area contributed by atoms with Gasteiger partial charge in [-0.3, -0.25) is 4.79 Å². The molecule has 0 aliphatic rings. The van der Waals surface area contributed by atoms with Crippen LogP contribution in [0.1, 0.15) is 10.4 Å². The Morgan fingerprint density at radius 2 is 1.80 bits per heavy atom. The average Bonchev–Trinajstić information content (AvgIpc) is 2.48. The van der Waals surface area contributed by atoms with E-state index in [9.17, 15) is 9.18 Å². The van der Waals surface area contributed by atoms with Gasteiger partial charge in [-0.15, -0.1) is 0 Å². The molecule has 2 aromatic carbocycles. The van der Waals surface area contributed by atoms with Crippen molar-refractivity contribution in [1.82, 2.24) is 0 Å². The number of Topliss-reactive ketones (excluding diaryl/α,β-unsaturated/α-hetero) is 1. The molecule has 98 valence electrons. The summed E-state index contributed by atoms with van der Waals surface area (Å²) in [5.74, 6) is -0.201. The number of carbonyl (C=O) groups excluding carboxylic acids is 1. The Kier molecular flexibility index (Phi) is 3.25. The number of benzene rings is 2. The van der Waals surface area contributed by atoms with Crippen molar-refractivity contribution in [3.8, 4) is 0 Å². The van der Waals surface area contributed by atoms with Gasteiger partial charge in [0.15, 0.2) is 12.4 Å². The Morgan fingerprint density at radius 3 is 2.60 bits per heavy atom. The first-order chi connectivity index (χ1) is 9.72. The van der Waals surface area contributed by atoms with E-state index >= 15 is 0 Å². The molecule has 0 bridgehead atoms. The van der Waals surface area contributed by atoms with Crippen LogP contribution in [-0.2, 0) is 6.54 Å². The van der Waals surface area contributed by atoms with Crippen molar-refractivity contribution in [2.75, 3.05) is 0 Å². The molecular formula is C17H13FNO+. The second-order valence-electron chi connectivity index (χ2n) is 4.68. The topological polar surface area (TPSA) is 20.9 Å². The van der Waals surface area contributed by atoms with Crippen LogP contribution < -0.4 is 4.57 Å². The first-order valence-electron chi connectivity index (χ1n) is 6.39. The number of halogens is 1. The van der Waals surface area contributed by atoms with E-state index in [1.165, 1.54) is 12.1 Å². The van der Waals surface area contributed by atoms with E-state index in [0.717, 1.165) is 10.8 Å². The van der Waals surface area contributed by atoms with Crippen LogP contribution >= 0.6 is 0 Å². The Balaban J connectivity index is 1.88. The van der Waals surface area contributed by atoms with Crippen molar-refractivity contribution in [1.29, 1.82) is 0 Å². The van der Waals surface area contributed by atoms with Gasteiger partial charge in [0.25, 0.3) is 0 Å². The minimum Gasteiger partial charge on any atom is -0.287 e. The maximum Gasteiger partial charge on any atom is 0.227 e. The summed E-state index contributed by atoms with van der Waals surface area (Å²) in [5.41, 5.74) is 0.694. The molecule has 3 rings (SSSR count). The molecule has 0 atom stereocenters. The lowest BCUT2D eigenvalue weighted by Gasteiger charge is -2.00. The second kappa shape index (κ2) is 5.21. The third-order valence-electron chi connectivity index (χ3n) is 3.22. The van der Waals surface area contributed by atoms with Crippen molar-refractivity contribution in [3.05, 3.63) is 78.4 Å². The zero-order valence-electron chi connectivity index (χ0n) is 10.8. The van der Waals surface area contributed by atoms with Crippen LogP contribution in [0.4, 0.5) is 4.39 Å². The highest BCUT2D eigenvalue weighted by Gasteiger charge is 2.12. The number of fused-ring (bicyclic) bond motifs is 1. The molecule has 0 N–H and O–H groups in total. The summed E-state index contributed by atoms with van der Waals surface area (Å²) in [7, 11) is 0. The molecule has 20 heavy (non-hydrogen) atoms. The highest BCUT2D eigenvalue weighted by Crippen LogP contribution is 2.12. The fourth-order valence-corrected chi connectivity index (χ4v) is 2.18. The van der Waals surface area contributed by atoms with Crippen LogP contribution in [0.5, 0.6) is 0 Å². The highest BCUT2D eigenvalue weighted by atomic mass is 19.1. The van der Waals surface area contributed by atoms with Crippen LogP contribution in [0.25, 0.3) is 10.8 Å². The lowest BCUT2D eigenvalue weighted by Crippen LogP contribution is -2.37. The minimum atomic E-state index is -0.254. The smallest absolute Gasteiger partial charge is 0.227 e. The fourth-order valence-electron chi connectivity index (χ4n) is 2.18. The summed E-state index contributed by atoms with van der Waals surface area (Å²) in [5, 5.41) is 1.74. The van der Waals surface area contributed by atoms with E-state index in [1.807, 2.05) is 35.0 Å². The number of ketones is 1. The summed E-state index contributed by atoms with van der Waals surface area (Å²) in [6.45, 7) is 0.275. The summed E-state index contributed by atoms with van der Waals surface area (Å²) >= 11 is 0. The fraction of sp³-hybridized carbons (Fsp3) is 0.0588. The SMILES string of the molecule is O=C(C[n+]1ccc2cc(F)ccc2c1)c1ccccc1. The van der Waals surface area contributed by atoms with Crippen molar-refractivity contribution in [2.45, 2.75) is 6.54 Å². The maximum atomic E-state index is 13.1. The number of hydrogen-bond acceptors (Lipinski definition) is 1. The zero-order chi connectivity index (χ0) is 13.9. The van der Waals surface area contributed by atoms with E-state index in [0.29, 0.717) is 5.56 Å². The standard InChI is InChI=1S/C17H13FNO/c18-16-7-6-15-11-19(9-8-14(15)10-16)12-17(20)13-4-2-1-3-5-13/h1-11H,12H2/q+1. The minimum absolute atomic E-state index is 0.0528. The van der Waals surface area contributed by atoms with Gasteiger partial charge in [-0.05, 0) is 23.6 Å². The van der Waals surface area contributed by atoms with E-state index in [-0.39, 0.29) is 18.1 Å². The van der Waals surface area contributed by atoms with Gasteiger partial charge in [-0.2, -0.15) is 4.57 Å². The predicted molar refractivity (Wildman–Crippen MR) is 74.9 cm³/mol. The summed E-state index contributed by atoms with van der Waals surface area (Å²) < 4.78 is 14.9. The quantitative estimate of drug-likeness (QED) is 0.527. The van der Waals surface area contributed by atoms with Gasteiger partial charge in [0.1, 0.15) is 5.82 Å². The molecule has 0 aliphatic heterocycles. The van der Waals surface area contributed by atoms with Crippen LogP contribution in [0.15, 0.2) is 67.0 Å². The van der Waals surface area contributed by atoms with Crippen LogP contribution in [0.3, 0.4) is 0 Å². The van der Waals surface area contributed by atoms with Gasteiger partial charge in [-0.1, -0.05) is 30.3 Å². The number of hydrogen-bond donors (Lipinski definition) is 0. The molecule has 0 aliphatic carbocycles. The molecule has 1 heterocycles. The normalized spacial score (nSPS) is 10.7. The molecule has 0 radical (unpaired) electrons. The number of carbonyl (C=O) groups is 1. The molecule has 0 unspecified atom stereocenters. The van der Waals surface area contributed by atoms with E-state index in [4.69, 9.17) is 0 Å². The summed E-state index contributed by atoms with van der Waals surface area (Å²) in [4.78, 5) is 12.1. The monoisotopic (exact) mass is 266 g/mol. The van der Waals surface area contributed by atoms with Crippen molar-refractivity contribution in [2.24, 2.45) is 0 Å². The van der Waals surface area contributed by atoms with E-state index in [1.54, 1.807) is 24.4 Å². The van der Waals surface area contributed by atoms with Gasteiger partial charge in [0.05, 0.1) is 0 Å². The Labute approximate surface area is 116 Å². The number of aromatic nitrogens is 1. The molecule has 0 saturated carbocycles. The average molecular weight is 266 g/mol. The second-order valence-corrected chi connectivity index (χ2v) is 4.68. The van der Waals surface area contributed by atoms with Gasteiger partial charge in [0, 0.05) is 17.0 Å². The molecule has 0 amide bonds. The lowest BCUT2D eigenvalue weighted by molar-refractivity contribution is -0.681. The van der Waals surface area contributed by atoms with E-state index < -0.39 is 0 Å². The lowest BCUT2D eigenvalue weighted by atomic mass is 10.1. The zero-order valence-corrected chi connectivity index (χ0v) is 10.8. The highest BCUT2D eigenvalue weighted by molar-refractivity contribution is 5.95. The molecule has 0 saturated heterocycles. The first kappa shape index (κ1) is 12.5. The van der Waals surface area contributed by atoms with Gasteiger partial charge >= 0.3 is 0 Å². The first-order valence-corrected chi connectivity index (χ1v) is 6.39. The number of rotatable bonds is 3. The Morgan fingerprint density at radius 1 is 1.00 bits per heavy atom. The third-order valence-corrected chi connectivity index (χ3v) is 3.22. The van der Waals surface area contributed by atoms with Crippen LogP contribution in [0.2, 0.25) is 0 Å². The molecule has 0 spiro atoms. The molecule has 3 aromatic rings. The van der Waals surface area contributed by atoms with Crippen LogP contribution in [0, 0.1) is 5.82 Å². The van der Waals surface area contributed by atoms with Crippen molar-refractivity contribution >= 4 is 16.6 Å². The molecule has 2 nitrogen and oxygen atoms in total. The molecule has 0 fully saturated rings.